The molecule has 0 aromatic heterocycles. The Balaban J connectivity index is 1.40. The van der Waals surface area contributed by atoms with Gasteiger partial charge in [-0.05, 0) is 37.7 Å². The second kappa shape index (κ2) is 14.1. The van der Waals surface area contributed by atoms with Crippen molar-refractivity contribution in [3.63, 3.8) is 0 Å². The van der Waals surface area contributed by atoms with E-state index in [1.807, 2.05) is 35.2 Å². The molecule has 238 valence electrons. The van der Waals surface area contributed by atoms with Gasteiger partial charge in [0, 0.05) is 25.6 Å². The van der Waals surface area contributed by atoms with Crippen molar-refractivity contribution >= 4 is 23.7 Å². The van der Waals surface area contributed by atoms with E-state index in [1.54, 1.807) is 12.2 Å². The zero-order valence-electron chi connectivity index (χ0n) is 25.4. The summed E-state index contributed by atoms with van der Waals surface area (Å²) in [5.74, 6) is -3.14. The van der Waals surface area contributed by atoms with Crippen LogP contribution in [-0.4, -0.2) is 88.6 Å². The molecule has 1 spiro atoms. The van der Waals surface area contributed by atoms with E-state index in [2.05, 4.69) is 18.5 Å². The third kappa shape index (κ3) is 6.06. The SMILES string of the molecule is C=CCCC(=O)NC[C@@H](OC(=O)[C@@H]1[C@@H]2CC[C@]3(O2)[C@H](C(=O)N(CC=C)C2CCCCC2)N(CCO)C(=O)[C@@H]13)c1ccccc1. The van der Waals surface area contributed by atoms with Gasteiger partial charge in [0.25, 0.3) is 0 Å². The highest BCUT2D eigenvalue weighted by Crippen LogP contribution is 2.59. The van der Waals surface area contributed by atoms with Gasteiger partial charge in [-0.15, -0.1) is 13.2 Å². The largest absolute Gasteiger partial charge is 0.455 e. The van der Waals surface area contributed by atoms with Crippen LogP contribution in [0.1, 0.15) is 69.5 Å². The van der Waals surface area contributed by atoms with Crippen LogP contribution in [0.2, 0.25) is 0 Å². The summed E-state index contributed by atoms with van der Waals surface area (Å²) in [6.45, 7) is 7.61. The van der Waals surface area contributed by atoms with Gasteiger partial charge in [0.15, 0.2) is 0 Å². The number of rotatable bonds is 14. The number of carbonyl (C=O) groups is 4. The molecule has 5 rings (SSSR count). The number of carbonyl (C=O) groups excluding carboxylic acids is 4. The lowest BCUT2D eigenvalue weighted by Gasteiger charge is -2.40. The van der Waals surface area contributed by atoms with Crippen LogP contribution in [0.3, 0.4) is 0 Å². The van der Waals surface area contributed by atoms with E-state index < -0.39 is 41.7 Å². The summed E-state index contributed by atoms with van der Waals surface area (Å²) in [4.78, 5) is 58.1. The first-order valence-electron chi connectivity index (χ1n) is 16.0. The molecule has 4 fully saturated rings. The smallest absolute Gasteiger partial charge is 0.313 e. The second-order valence-corrected chi connectivity index (χ2v) is 12.3. The van der Waals surface area contributed by atoms with Gasteiger partial charge in [-0.3, -0.25) is 19.2 Å². The number of amides is 3. The first kappa shape index (κ1) is 31.9. The fourth-order valence-corrected chi connectivity index (χ4v) is 7.80. The van der Waals surface area contributed by atoms with E-state index in [1.165, 1.54) is 4.90 Å². The molecule has 6 atom stereocenters. The van der Waals surface area contributed by atoms with Crippen LogP contribution in [0, 0.1) is 11.8 Å². The summed E-state index contributed by atoms with van der Waals surface area (Å²) in [6, 6.07) is 8.27. The highest BCUT2D eigenvalue weighted by atomic mass is 16.6. The van der Waals surface area contributed by atoms with Crippen LogP contribution < -0.4 is 5.32 Å². The van der Waals surface area contributed by atoms with Crippen molar-refractivity contribution in [1.29, 1.82) is 0 Å². The molecule has 10 nitrogen and oxygen atoms in total. The minimum Gasteiger partial charge on any atom is -0.455 e. The van der Waals surface area contributed by atoms with E-state index in [9.17, 15) is 24.3 Å². The zero-order valence-corrected chi connectivity index (χ0v) is 25.4. The molecule has 1 aliphatic carbocycles. The Morgan fingerprint density at radius 1 is 1.14 bits per heavy atom. The number of aliphatic hydroxyl groups is 1. The first-order valence-corrected chi connectivity index (χ1v) is 16.0. The third-order valence-electron chi connectivity index (χ3n) is 9.76. The van der Waals surface area contributed by atoms with Gasteiger partial charge in [0.05, 0.1) is 31.1 Å². The molecule has 1 aromatic carbocycles. The van der Waals surface area contributed by atoms with Gasteiger partial charge in [-0.1, -0.05) is 61.7 Å². The summed E-state index contributed by atoms with van der Waals surface area (Å²) < 4.78 is 12.6. The maximum atomic E-state index is 14.4. The van der Waals surface area contributed by atoms with Crippen molar-refractivity contribution in [2.24, 2.45) is 11.8 Å². The molecule has 44 heavy (non-hydrogen) atoms. The molecule has 1 aromatic rings. The minimum atomic E-state index is -1.17. The summed E-state index contributed by atoms with van der Waals surface area (Å²) in [7, 11) is 0. The normalized spacial score (nSPS) is 28.3. The lowest BCUT2D eigenvalue weighted by molar-refractivity contribution is -0.160. The highest BCUT2D eigenvalue weighted by molar-refractivity contribution is 5.98. The van der Waals surface area contributed by atoms with Gasteiger partial charge in [0.1, 0.15) is 17.7 Å². The molecular formula is C34H45N3O7. The van der Waals surface area contributed by atoms with E-state index in [0.717, 1.165) is 32.1 Å². The average Bonchev–Trinajstić information content (AvgIpc) is 3.69. The topological polar surface area (TPSA) is 125 Å². The minimum absolute atomic E-state index is 0.0285. The van der Waals surface area contributed by atoms with Crippen LogP contribution >= 0.6 is 0 Å². The molecule has 2 bridgehead atoms. The number of likely N-dealkylation sites (tertiary alicyclic amines) is 1. The highest BCUT2D eigenvalue weighted by Gasteiger charge is 2.75. The Morgan fingerprint density at radius 2 is 1.89 bits per heavy atom. The number of nitrogens with one attached hydrogen (secondary N) is 1. The number of hydrogen-bond acceptors (Lipinski definition) is 7. The van der Waals surface area contributed by atoms with Crippen molar-refractivity contribution < 1.29 is 33.8 Å². The molecule has 3 amide bonds. The average molecular weight is 608 g/mol. The van der Waals surface area contributed by atoms with Gasteiger partial charge in [-0.2, -0.15) is 0 Å². The van der Waals surface area contributed by atoms with Gasteiger partial charge >= 0.3 is 5.97 Å². The lowest BCUT2D eigenvalue weighted by Crippen LogP contribution is -2.58. The molecule has 0 radical (unpaired) electrons. The number of fused-ring (bicyclic) bond motifs is 1. The van der Waals surface area contributed by atoms with Gasteiger partial charge in [-0.25, -0.2) is 0 Å². The summed E-state index contributed by atoms with van der Waals surface area (Å²) in [5, 5.41) is 12.8. The molecular weight excluding hydrogens is 562 g/mol. The van der Waals surface area contributed by atoms with Crippen LogP contribution in [-0.2, 0) is 28.7 Å². The van der Waals surface area contributed by atoms with Crippen molar-refractivity contribution in [3.8, 4) is 0 Å². The van der Waals surface area contributed by atoms with Gasteiger partial charge < -0.3 is 29.7 Å². The number of esters is 1. The van der Waals surface area contributed by atoms with Crippen molar-refractivity contribution in [3.05, 3.63) is 61.2 Å². The molecule has 0 unspecified atom stereocenters. The molecule has 3 saturated heterocycles. The number of β-amino-alcohol motifs (C(OH)–C–C–N with tert-alkyl or cyclic N) is 1. The van der Waals surface area contributed by atoms with E-state index in [4.69, 9.17) is 9.47 Å². The molecule has 4 aliphatic rings. The van der Waals surface area contributed by atoms with Crippen molar-refractivity contribution in [2.45, 2.75) is 87.7 Å². The summed E-state index contributed by atoms with van der Waals surface area (Å²) >= 11 is 0. The monoisotopic (exact) mass is 607 g/mol. The molecule has 2 N–H and O–H groups in total. The lowest BCUT2D eigenvalue weighted by atomic mass is 9.70. The maximum Gasteiger partial charge on any atom is 0.313 e. The molecule has 3 heterocycles. The number of ether oxygens (including phenoxy) is 2. The Hall–Kier alpha value is -3.50. The van der Waals surface area contributed by atoms with Crippen LogP contribution in [0.25, 0.3) is 0 Å². The zero-order chi connectivity index (χ0) is 31.3. The van der Waals surface area contributed by atoms with Crippen LogP contribution in [0.4, 0.5) is 0 Å². The number of nitrogens with zero attached hydrogens (tertiary/aromatic N) is 2. The Labute approximate surface area is 259 Å². The summed E-state index contributed by atoms with van der Waals surface area (Å²) in [5.41, 5.74) is -0.462. The Morgan fingerprint density at radius 3 is 2.57 bits per heavy atom. The quantitative estimate of drug-likeness (QED) is 0.246. The Bertz CT molecular complexity index is 1230. The van der Waals surface area contributed by atoms with Crippen molar-refractivity contribution in [2.75, 3.05) is 26.2 Å². The number of hydrogen-bond donors (Lipinski definition) is 2. The predicted octanol–water partition coefficient (Wildman–Crippen LogP) is 3.07. The standard InChI is InChI=1S/C34H45N3O7/c1-3-5-16-27(39)35-22-26(23-12-8-6-9-13-23)43-33(42)28-25-17-18-34(44-25)29(28)31(40)37(20-21-38)30(34)32(41)36(19-4-2)24-14-10-7-11-15-24/h3-4,6,8-9,12-13,24-26,28-30,38H,1-2,5,7,10-11,14-22H2,(H,35,39)/t25-,26+,28+,29+,30-,34+/m0/s1. The number of allylic oxidation sites excluding steroid dienone is 1. The van der Waals surface area contributed by atoms with Gasteiger partial charge in [0.2, 0.25) is 17.7 Å². The molecule has 1 saturated carbocycles. The van der Waals surface area contributed by atoms with Crippen LogP contribution in [0.5, 0.6) is 0 Å². The fraction of sp³-hybridized carbons (Fsp3) is 0.588. The predicted molar refractivity (Wildman–Crippen MR) is 163 cm³/mol. The fourth-order valence-electron chi connectivity index (χ4n) is 7.80. The van der Waals surface area contributed by atoms with Crippen molar-refractivity contribution in [1.82, 2.24) is 15.1 Å². The maximum absolute atomic E-state index is 14.4. The summed E-state index contributed by atoms with van der Waals surface area (Å²) in [6.07, 6.45) is 8.80. The van der Waals surface area contributed by atoms with E-state index in [0.29, 0.717) is 31.4 Å². The van der Waals surface area contributed by atoms with E-state index in [-0.39, 0.29) is 49.9 Å². The molecule has 10 heteroatoms. The molecule has 3 aliphatic heterocycles. The number of aliphatic hydroxyl groups excluding tert-OH is 1. The second-order valence-electron chi connectivity index (χ2n) is 12.3. The first-order chi connectivity index (χ1) is 21.4. The number of benzene rings is 1. The van der Waals surface area contributed by atoms with E-state index >= 15 is 0 Å². The third-order valence-corrected chi connectivity index (χ3v) is 9.76. The van der Waals surface area contributed by atoms with Crippen LogP contribution in [0.15, 0.2) is 55.6 Å². The Kier molecular flexibility index (Phi) is 10.2.